The average Bonchev–Trinajstić information content (AvgIpc) is 3.39. The number of anilines is 1. The van der Waals surface area contributed by atoms with Crippen molar-refractivity contribution in [2.75, 3.05) is 5.32 Å². The molecule has 31 heavy (non-hydrogen) atoms. The standard InChI is InChI=1S/C24H24BrN3O2S/c25-22-20-14-17(16-28-10-12-31(29,30)13-11-28)15-21(26-19-8-4-5-9-19)24(20)27-23(22)18-6-2-1-3-7-18/h1-3,6-7,10-15,19,26-27H,4-5,8-9,16H2. The lowest BCUT2D eigenvalue weighted by Crippen LogP contribution is -2.16. The van der Waals surface area contributed by atoms with Crippen molar-refractivity contribution in [2.24, 2.45) is 0 Å². The van der Waals surface area contributed by atoms with Gasteiger partial charge in [-0.1, -0.05) is 43.2 Å². The zero-order valence-electron chi connectivity index (χ0n) is 17.0. The number of benzene rings is 2. The molecule has 0 bridgehead atoms. The summed E-state index contributed by atoms with van der Waals surface area (Å²) in [5.41, 5.74) is 5.49. The van der Waals surface area contributed by atoms with Gasteiger partial charge in [-0.15, -0.1) is 0 Å². The SMILES string of the molecule is O=S1(=O)C=CN(Cc2cc(NC3CCCC3)c3[nH]c(-c4ccccc4)c(Br)c3c2)C=C1. The Labute approximate surface area is 190 Å². The summed E-state index contributed by atoms with van der Waals surface area (Å²) < 4.78 is 24.3. The summed E-state index contributed by atoms with van der Waals surface area (Å²) in [7, 11) is -3.23. The molecule has 0 unspecified atom stereocenters. The number of H-pyrrole nitrogens is 1. The van der Waals surface area contributed by atoms with Gasteiger partial charge in [0.25, 0.3) is 0 Å². The first-order valence-corrected chi connectivity index (χ1v) is 12.9. The molecule has 160 valence electrons. The highest BCUT2D eigenvalue weighted by Gasteiger charge is 2.20. The maximum atomic E-state index is 11.6. The molecule has 1 saturated carbocycles. The van der Waals surface area contributed by atoms with Crippen molar-refractivity contribution in [1.82, 2.24) is 9.88 Å². The molecule has 0 radical (unpaired) electrons. The van der Waals surface area contributed by atoms with E-state index in [9.17, 15) is 8.42 Å². The lowest BCUT2D eigenvalue weighted by atomic mass is 10.1. The third kappa shape index (κ3) is 4.29. The van der Waals surface area contributed by atoms with Gasteiger partial charge in [0.1, 0.15) is 0 Å². The summed E-state index contributed by atoms with van der Waals surface area (Å²) in [5, 5.41) is 7.36. The minimum absolute atomic E-state index is 0.487. The molecule has 2 aromatic carbocycles. The van der Waals surface area contributed by atoms with Crippen molar-refractivity contribution in [2.45, 2.75) is 38.3 Å². The van der Waals surface area contributed by atoms with Gasteiger partial charge in [-0.2, -0.15) is 0 Å². The van der Waals surface area contributed by atoms with Gasteiger partial charge in [-0.25, -0.2) is 8.42 Å². The van der Waals surface area contributed by atoms with Crippen molar-refractivity contribution in [3.63, 3.8) is 0 Å². The Morgan fingerprint density at radius 1 is 1.06 bits per heavy atom. The first-order chi connectivity index (χ1) is 15.0. The van der Waals surface area contributed by atoms with E-state index in [1.165, 1.54) is 36.5 Å². The van der Waals surface area contributed by atoms with E-state index in [0.29, 0.717) is 12.6 Å². The number of hydrogen-bond donors (Lipinski definition) is 2. The highest BCUT2D eigenvalue weighted by atomic mass is 79.9. The number of halogens is 1. The van der Waals surface area contributed by atoms with Crippen LogP contribution in [-0.4, -0.2) is 24.3 Å². The van der Waals surface area contributed by atoms with E-state index in [1.807, 2.05) is 23.1 Å². The van der Waals surface area contributed by atoms with E-state index in [0.717, 1.165) is 37.9 Å². The van der Waals surface area contributed by atoms with Crippen molar-refractivity contribution in [3.05, 3.63) is 75.7 Å². The van der Waals surface area contributed by atoms with Crippen LogP contribution >= 0.6 is 15.9 Å². The Balaban J connectivity index is 1.56. The largest absolute Gasteiger partial charge is 0.381 e. The second-order valence-electron chi connectivity index (χ2n) is 8.20. The Morgan fingerprint density at radius 3 is 2.48 bits per heavy atom. The highest BCUT2D eigenvalue weighted by Crippen LogP contribution is 2.39. The number of fused-ring (bicyclic) bond motifs is 1. The minimum Gasteiger partial charge on any atom is -0.381 e. The topological polar surface area (TPSA) is 65.2 Å². The van der Waals surface area contributed by atoms with Crippen molar-refractivity contribution in [3.8, 4) is 11.3 Å². The average molecular weight is 498 g/mol. The molecule has 1 fully saturated rings. The van der Waals surface area contributed by atoms with Gasteiger partial charge in [0.05, 0.1) is 32.2 Å². The lowest BCUT2D eigenvalue weighted by molar-refractivity contribution is 0.499. The van der Waals surface area contributed by atoms with Crippen LogP contribution in [0.5, 0.6) is 0 Å². The fourth-order valence-electron chi connectivity index (χ4n) is 4.36. The molecule has 1 aromatic heterocycles. The number of sulfone groups is 1. The van der Waals surface area contributed by atoms with Gasteiger partial charge in [0.2, 0.25) is 0 Å². The Hall–Kier alpha value is -2.51. The summed E-state index contributed by atoms with van der Waals surface area (Å²) >= 11 is 3.83. The summed E-state index contributed by atoms with van der Waals surface area (Å²) in [5.74, 6) is 0. The van der Waals surface area contributed by atoms with E-state index < -0.39 is 9.84 Å². The van der Waals surface area contributed by atoms with Gasteiger partial charge >= 0.3 is 0 Å². The number of nitrogens with zero attached hydrogens (tertiary/aromatic N) is 1. The van der Waals surface area contributed by atoms with E-state index in [1.54, 1.807) is 12.4 Å². The van der Waals surface area contributed by atoms with Crippen LogP contribution in [0.3, 0.4) is 0 Å². The van der Waals surface area contributed by atoms with Gasteiger partial charge in [-0.05, 0) is 52.0 Å². The second-order valence-corrected chi connectivity index (χ2v) is 10.7. The number of hydrogen-bond acceptors (Lipinski definition) is 4. The smallest absolute Gasteiger partial charge is 0.195 e. The predicted molar refractivity (Wildman–Crippen MR) is 130 cm³/mol. The summed E-state index contributed by atoms with van der Waals surface area (Å²) in [6, 6.07) is 15.1. The zero-order valence-corrected chi connectivity index (χ0v) is 19.4. The molecule has 1 aliphatic heterocycles. The fraction of sp³-hybridized carbons (Fsp3) is 0.250. The minimum atomic E-state index is -3.23. The van der Waals surface area contributed by atoms with Gasteiger partial charge in [0, 0.05) is 30.4 Å². The van der Waals surface area contributed by atoms with Gasteiger partial charge in [-0.3, -0.25) is 0 Å². The van der Waals surface area contributed by atoms with Crippen LogP contribution in [0.1, 0.15) is 31.2 Å². The summed E-state index contributed by atoms with van der Waals surface area (Å²) in [4.78, 5) is 5.52. The molecule has 3 aromatic rings. The van der Waals surface area contributed by atoms with E-state index in [2.05, 4.69) is 50.5 Å². The normalized spacial score (nSPS) is 18.2. The number of rotatable bonds is 5. The molecular weight excluding hydrogens is 474 g/mol. The molecule has 2 heterocycles. The lowest BCUT2D eigenvalue weighted by Gasteiger charge is -2.20. The molecule has 7 heteroatoms. The quantitative estimate of drug-likeness (QED) is 0.445. The first-order valence-electron chi connectivity index (χ1n) is 10.5. The molecular formula is C24H24BrN3O2S. The maximum Gasteiger partial charge on any atom is 0.195 e. The van der Waals surface area contributed by atoms with Crippen LogP contribution in [0.25, 0.3) is 22.2 Å². The molecule has 5 nitrogen and oxygen atoms in total. The van der Waals surface area contributed by atoms with Crippen LogP contribution < -0.4 is 5.32 Å². The summed E-state index contributed by atoms with van der Waals surface area (Å²) in [6.45, 7) is 0.593. The molecule has 2 N–H and O–H groups in total. The third-order valence-electron chi connectivity index (χ3n) is 5.93. The van der Waals surface area contributed by atoms with E-state index in [4.69, 9.17) is 0 Å². The van der Waals surface area contributed by atoms with E-state index in [-0.39, 0.29) is 0 Å². The van der Waals surface area contributed by atoms with E-state index >= 15 is 0 Å². The van der Waals surface area contributed by atoms with Gasteiger partial charge < -0.3 is 15.2 Å². The Morgan fingerprint density at radius 2 is 1.77 bits per heavy atom. The maximum absolute atomic E-state index is 11.6. The first kappa shape index (κ1) is 20.4. The number of aromatic nitrogens is 1. The molecule has 5 rings (SSSR count). The van der Waals surface area contributed by atoms with Crippen molar-refractivity contribution in [1.29, 1.82) is 0 Å². The highest BCUT2D eigenvalue weighted by molar-refractivity contribution is 9.10. The van der Waals surface area contributed by atoms with Crippen LogP contribution in [0.4, 0.5) is 5.69 Å². The zero-order chi connectivity index (χ0) is 21.4. The monoisotopic (exact) mass is 497 g/mol. The number of aromatic amines is 1. The molecule has 0 saturated heterocycles. The van der Waals surface area contributed by atoms with Crippen molar-refractivity contribution < 1.29 is 8.42 Å². The second kappa shape index (κ2) is 8.20. The molecule has 0 atom stereocenters. The summed E-state index contributed by atoms with van der Waals surface area (Å²) in [6.07, 6.45) is 8.14. The third-order valence-corrected chi connectivity index (χ3v) is 7.76. The number of nitrogens with one attached hydrogen (secondary N) is 2. The fourth-order valence-corrected chi connectivity index (χ4v) is 5.74. The molecule has 0 amide bonds. The van der Waals surface area contributed by atoms with Gasteiger partial charge in [0.15, 0.2) is 9.84 Å². The van der Waals surface area contributed by atoms with Crippen LogP contribution in [0.15, 0.2) is 70.2 Å². The molecule has 1 aliphatic carbocycles. The van der Waals surface area contributed by atoms with Crippen LogP contribution in [0, 0.1) is 0 Å². The molecule has 2 aliphatic rings. The molecule has 0 spiro atoms. The predicted octanol–water partition coefficient (Wildman–Crippen LogP) is 6.12. The van der Waals surface area contributed by atoms with Crippen molar-refractivity contribution >= 4 is 42.4 Å². The Bertz CT molecular complexity index is 1250. The Kier molecular flexibility index (Phi) is 5.40. The van der Waals surface area contributed by atoms with Crippen LogP contribution in [0.2, 0.25) is 0 Å². The van der Waals surface area contributed by atoms with Crippen LogP contribution in [-0.2, 0) is 16.4 Å².